The van der Waals surface area contributed by atoms with Crippen LogP contribution in [0.15, 0.2) is 10.5 Å². The quantitative estimate of drug-likeness (QED) is 0.715. The number of aryl methyl sites for hydroxylation is 1. The van der Waals surface area contributed by atoms with Crippen LogP contribution in [-0.4, -0.2) is 30.1 Å². The van der Waals surface area contributed by atoms with Gasteiger partial charge in [0, 0.05) is 18.0 Å². The molecule has 0 spiro atoms. The highest BCUT2D eigenvalue weighted by atomic mass is 79.9. The number of carboxylic acid groups (broad SMARTS) is 1. The maximum atomic E-state index is 11.6. The monoisotopic (exact) mass is 377 g/mol. The number of aliphatic carboxylic acids is 1. The minimum absolute atomic E-state index is 0.0300. The van der Waals surface area contributed by atoms with Gasteiger partial charge in [0.2, 0.25) is 0 Å². The van der Waals surface area contributed by atoms with Crippen LogP contribution in [0.1, 0.15) is 24.0 Å². The normalized spacial score (nSPS) is 10.3. The Hall–Kier alpha value is -1.27. The summed E-state index contributed by atoms with van der Waals surface area (Å²) in [6.45, 7) is 3.90. The second-order valence-electron chi connectivity index (χ2n) is 4.58. The molecule has 0 bridgehead atoms. The fourth-order valence-electron chi connectivity index (χ4n) is 1.67. The topological polar surface area (TPSA) is 75.6 Å². The van der Waals surface area contributed by atoms with Gasteiger partial charge in [0.1, 0.15) is 5.75 Å². The third-order valence-corrected chi connectivity index (χ3v) is 4.38. The molecule has 0 aromatic heterocycles. The molecule has 0 saturated carbocycles. The van der Waals surface area contributed by atoms with E-state index in [-0.39, 0.29) is 18.9 Å². The van der Waals surface area contributed by atoms with Gasteiger partial charge in [-0.05, 0) is 53.4 Å². The van der Waals surface area contributed by atoms with Crippen molar-refractivity contribution in [2.45, 2.75) is 26.7 Å². The smallest absolute Gasteiger partial charge is 0.303 e. The van der Waals surface area contributed by atoms with Gasteiger partial charge >= 0.3 is 5.97 Å². The summed E-state index contributed by atoms with van der Waals surface area (Å²) >= 11 is 9.50. The molecular weight excluding hydrogens is 362 g/mol. The van der Waals surface area contributed by atoms with Crippen LogP contribution in [0.25, 0.3) is 0 Å². The number of carbonyl (C=O) groups excluding carboxylic acids is 1. The lowest BCUT2D eigenvalue weighted by molar-refractivity contribution is -0.137. The Labute approximate surface area is 136 Å². The van der Waals surface area contributed by atoms with E-state index in [0.717, 1.165) is 15.6 Å². The zero-order valence-corrected chi connectivity index (χ0v) is 14.2. The minimum atomic E-state index is -0.878. The largest absolute Gasteiger partial charge is 0.483 e. The summed E-state index contributed by atoms with van der Waals surface area (Å²) < 4.78 is 6.18. The van der Waals surface area contributed by atoms with Gasteiger partial charge in [-0.2, -0.15) is 0 Å². The van der Waals surface area contributed by atoms with Crippen LogP contribution in [0.5, 0.6) is 5.75 Å². The molecule has 0 heterocycles. The third-order valence-electron chi connectivity index (χ3n) is 2.82. The van der Waals surface area contributed by atoms with E-state index in [1.807, 2.05) is 13.8 Å². The third kappa shape index (κ3) is 5.55. The van der Waals surface area contributed by atoms with E-state index >= 15 is 0 Å². The van der Waals surface area contributed by atoms with Crippen LogP contribution in [0.4, 0.5) is 0 Å². The van der Waals surface area contributed by atoms with Crippen molar-refractivity contribution < 1.29 is 19.4 Å². The molecule has 1 aromatic rings. The van der Waals surface area contributed by atoms with E-state index in [1.165, 1.54) is 0 Å². The van der Waals surface area contributed by atoms with Gasteiger partial charge in [-0.3, -0.25) is 9.59 Å². The number of rotatable bonds is 7. The molecule has 0 saturated heterocycles. The van der Waals surface area contributed by atoms with Crippen molar-refractivity contribution in [3.8, 4) is 5.75 Å². The summed E-state index contributed by atoms with van der Waals surface area (Å²) in [5.74, 6) is -0.621. The Bertz CT molecular complexity index is 548. The van der Waals surface area contributed by atoms with Gasteiger partial charge in [0.05, 0.1) is 4.47 Å². The number of amides is 1. The fourth-order valence-corrected chi connectivity index (χ4v) is 2.36. The Morgan fingerprint density at radius 3 is 2.71 bits per heavy atom. The molecule has 0 aliphatic heterocycles. The maximum Gasteiger partial charge on any atom is 0.303 e. The Morgan fingerprint density at radius 1 is 1.43 bits per heavy atom. The number of halogens is 2. The second kappa shape index (κ2) is 8.24. The van der Waals surface area contributed by atoms with Crippen molar-refractivity contribution in [1.29, 1.82) is 0 Å². The summed E-state index contributed by atoms with van der Waals surface area (Å²) in [4.78, 5) is 21.9. The van der Waals surface area contributed by atoms with Crippen LogP contribution in [-0.2, 0) is 9.59 Å². The molecule has 0 unspecified atom stereocenters. The van der Waals surface area contributed by atoms with Gasteiger partial charge in [0.15, 0.2) is 6.61 Å². The lowest BCUT2D eigenvalue weighted by Crippen LogP contribution is -2.30. The lowest BCUT2D eigenvalue weighted by atomic mass is 10.1. The first-order chi connectivity index (χ1) is 9.82. The van der Waals surface area contributed by atoms with Gasteiger partial charge in [-0.15, -0.1) is 0 Å². The first-order valence-corrected chi connectivity index (χ1v) is 7.56. The Morgan fingerprint density at radius 2 is 2.10 bits per heavy atom. The second-order valence-corrected chi connectivity index (χ2v) is 5.75. The minimum Gasteiger partial charge on any atom is -0.483 e. The highest BCUT2D eigenvalue weighted by molar-refractivity contribution is 9.10. The van der Waals surface area contributed by atoms with Crippen LogP contribution < -0.4 is 10.1 Å². The molecule has 2 N–H and O–H groups in total. The van der Waals surface area contributed by atoms with E-state index < -0.39 is 5.97 Å². The summed E-state index contributed by atoms with van der Waals surface area (Å²) in [5.41, 5.74) is 1.72. The predicted molar refractivity (Wildman–Crippen MR) is 84.0 cm³/mol. The standard InChI is InChI=1S/C14H17BrClNO4/c1-8-6-10(13(15)9(2)14(8)16)21-7-11(18)17-5-3-4-12(19)20/h6H,3-5,7H2,1-2H3,(H,17,18)(H,19,20). The van der Waals surface area contributed by atoms with E-state index in [4.69, 9.17) is 21.4 Å². The molecule has 0 aliphatic carbocycles. The summed E-state index contributed by atoms with van der Waals surface area (Å²) in [5, 5.41) is 11.7. The molecule has 0 fully saturated rings. The Balaban J connectivity index is 2.48. The van der Waals surface area contributed by atoms with Crippen LogP contribution >= 0.6 is 27.5 Å². The highest BCUT2D eigenvalue weighted by Crippen LogP contribution is 2.35. The van der Waals surface area contributed by atoms with Crippen LogP contribution in [0, 0.1) is 13.8 Å². The van der Waals surface area contributed by atoms with Crippen molar-refractivity contribution in [1.82, 2.24) is 5.32 Å². The van der Waals surface area contributed by atoms with Crippen molar-refractivity contribution in [2.24, 2.45) is 0 Å². The number of ether oxygens (including phenoxy) is 1. The van der Waals surface area contributed by atoms with Crippen molar-refractivity contribution in [3.63, 3.8) is 0 Å². The average molecular weight is 379 g/mol. The molecule has 21 heavy (non-hydrogen) atoms. The predicted octanol–water partition coefficient (Wildman–Crippen LogP) is 3.08. The van der Waals surface area contributed by atoms with Crippen LogP contribution in [0.2, 0.25) is 5.02 Å². The van der Waals surface area contributed by atoms with Gasteiger partial charge in [-0.25, -0.2) is 0 Å². The first-order valence-electron chi connectivity index (χ1n) is 6.39. The van der Waals surface area contributed by atoms with Crippen molar-refractivity contribution >= 4 is 39.4 Å². The summed E-state index contributed by atoms with van der Waals surface area (Å²) in [6.07, 6.45) is 0.423. The molecule has 1 aromatic carbocycles. The van der Waals surface area contributed by atoms with Crippen LogP contribution in [0.3, 0.4) is 0 Å². The molecule has 1 rings (SSSR count). The number of carboxylic acids is 1. The van der Waals surface area contributed by atoms with E-state index in [0.29, 0.717) is 23.7 Å². The maximum absolute atomic E-state index is 11.6. The van der Waals surface area contributed by atoms with Crippen molar-refractivity contribution in [3.05, 3.63) is 26.7 Å². The molecule has 0 aliphatic rings. The number of carbonyl (C=O) groups is 2. The number of hydrogen-bond acceptors (Lipinski definition) is 3. The van der Waals surface area contributed by atoms with Gasteiger partial charge in [-0.1, -0.05) is 11.6 Å². The lowest BCUT2D eigenvalue weighted by Gasteiger charge is -2.13. The summed E-state index contributed by atoms with van der Waals surface area (Å²) in [6, 6.07) is 1.76. The number of benzene rings is 1. The summed E-state index contributed by atoms with van der Waals surface area (Å²) in [7, 11) is 0. The van der Waals surface area contributed by atoms with E-state index in [1.54, 1.807) is 6.07 Å². The zero-order chi connectivity index (χ0) is 16.0. The van der Waals surface area contributed by atoms with Crippen molar-refractivity contribution in [2.75, 3.05) is 13.2 Å². The number of hydrogen-bond donors (Lipinski definition) is 2. The highest BCUT2D eigenvalue weighted by Gasteiger charge is 2.12. The van der Waals surface area contributed by atoms with E-state index in [9.17, 15) is 9.59 Å². The van der Waals surface area contributed by atoms with Gasteiger partial charge < -0.3 is 15.2 Å². The molecule has 116 valence electrons. The molecular formula is C14H17BrClNO4. The average Bonchev–Trinajstić information content (AvgIpc) is 2.43. The molecule has 0 radical (unpaired) electrons. The molecule has 0 atom stereocenters. The van der Waals surface area contributed by atoms with E-state index in [2.05, 4.69) is 21.2 Å². The number of nitrogens with one attached hydrogen (secondary N) is 1. The van der Waals surface area contributed by atoms with Gasteiger partial charge in [0.25, 0.3) is 5.91 Å². The first kappa shape index (κ1) is 17.8. The Kier molecular flexibility index (Phi) is 6.98. The zero-order valence-electron chi connectivity index (χ0n) is 11.8. The SMILES string of the molecule is Cc1cc(OCC(=O)NCCCC(=O)O)c(Br)c(C)c1Cl. The molecule has 1 amide bonds. The fraction of sp³-hybridized carbons (Fsp3) is 0.429. The molecule has 5 nitrogen and oxygen atoms in total. The molecule has 7 heteroatoms.